The molecule has 0 aliphatic carbocycles. The van der Waals surface area contributed by atoms with Crippen LogP contribution in [0.1, 0.15) is 37.6 Å². The van der Waals surface area contributed by atoms with Crippen molar-refractivity contribution in [1.29, 1.82) is 0 Å². The van der Waals surface area contributed by atoms with E-state index < -0.39 is 11.8 Å². The third-order valence-corrected chi connectivity index (χ3v) is 2.44. The Morgan fingerprint density at radius 1 is 1.41 bits per heavy atom. The van der Waals surface area contributed by atoms with Crippen LogP contribution in [0.15, 0.2) is 18.2 Å². The fourth-order valence-electron chi connectivity index (χ4n) is 1.83. The van der Waals surface area contributed by atoms with Crippen molar-refractivity contribution in [3.05, 3.63) is 29.6 Å². The van der Waals surface area contributed by atoms with Gasteiger partial charge in [-0.15, -0.1) is 0 Å². The van der Waals surface area contributed by atoms with Gasteiger partial charge in [0.2, 0.25) is 0 Å². The van der Waals surface area contributed by atoms with Crippen molar-refractivity contribution >= 4 is 11.7 Å². The van der Waals surface area contributed by atoms with Crippen LogP contribution in [0, 0.1) is 11.7 Å². The molecule has 0 spiro atoms. The third-order valence-electron chi connectivity index (χ3n) is 2.44. The van der Waals surface area contributed by atoms with Gasteiger partial charge >= 0.3 is 5.97 Å². The molecule has 0 saturated heterocycles. The first-order valence-electron chi connectivity index (χ1n) is 5.69. The Balaban J connectivity index is 2.74. The normalized spacial score (nSPS) is 12.5. The Morgan fingerprint density at radius 2 is 2.06 bits per heavy atom. The number of carbonyl (C=O) groups is 1. The van der Waals surface area contributed by atoms with Crippen molar-refractivity contribution in [3.63, 3.8) is 0 Å². The molecule has 1 aromatic carbocycles. The Bertz CT molecular complexity index is 404. The zero-order valence-corrected chi connectivity index (χ0v) is 10.3. The van der Waals surface area contributed by atoms with Gasteiger partial charge in [0, 0.05) is 11.7 Å². The van der Waals surface area contributed by atoms with Crippen LogP contribution in [0.4, 0.5) is 10.1 Å². The fraction of sp³-hybridized carbons (Fsp3) is 0.462. The Kier molecular flexibility index (Phi) is 4.49. The third kappa shape index (κ3) is 4.06. The van der Waals surface area contributed by atoms with Gasteiger partial charge in [-0.3, -0.25) is 0 Å². The minimum Gasteiger partial charge on any atom is -0.478 e. The quantitative estimate of drug-likeness (QED) is 0.828. The summed E-state index contributed by atoms with van der Waals surface area (Å²) in [5.41, 5.74) is 0.313. The number of rotatable bonds is 5. The zero-order chi connectivity index (χ0) is 13.0. The summed E-state index contributed by atoms with van der Waals surface area (Å²) in [5.74, 6) is -1.40. The van der Waals surface area contributed by atoms with Gasteiger partial charge in [-0.05, 0) is 37.5 Å². The Morgan fingerprint density at radius 3 is 2.53 bits per heavy atom. The van der Waals surface area contributed by atoms with Crippen molar-refractivity contribution in [1.82, 2.24) is 0 Å². The predicted molar refractivity (Wildman–Crippen MR) is 65.9 cm³/mol. The molecule has 0 aliphatic rings. The lowest BCUT2D eigenvalue weighted by atomic mass is 10.0. The van der Waals surface area contributed by atoms with Crippen LogP contribution in [0.5, 0.6) is 0 Å². The fourth-order valence-corrected chi connectivity index (χ4v) is 1.83. The second-order valence-electron chi connectivity index (χ2n) is 4.67. The molecule has 2 N–H and O–H groups in total. The molecule has 0 radical (unpaired) electrons. The maximum Gasteiger partial charge on any atom is 0.338 e. The minimum atomic E-state index is -1.25. The number of benzene rings is 1. The highest BCUT2D eigenvalue weighted by molar-refractivity contribution is 5.88. The van der Waals surface area contributed by atoms with Crippen molar-refractivity contribution in [2.24, 2.45) is 5.92 Å². The lowest BCUT2D eigenvalue weighted by Gasteiger charge is -2.17. The van der Waals surface area contributed by atoms with E-state index in [0.29, 0.717) is 11.6 Å². The maximum absolute atomic E-state index is 13.4. The van der Waals surface area contributed by atoms with E-state index in [2.05, 4.69) is 19.2 Å². The van der Waals surface area contributed by atoms with Crippen LogP contribution >= 0.6 is 0 Å². The number of anilines is 1. The molecule has 0 bridgehead atoms. The number of hydrogen-bond donors (Lipinski definition) is 2. The summed E-state index contributed by atoms with van der Waals surface area (Å²) in [6.45, 7) is 6.25. The first-order valence-corrected chi connectivity index (χ1v) is 5.69. The molecular formula is C13H18FNO2. The Labute approximate surface area is 101 Å². The summed E-state index contributed by atoms with van der Waals surface area (Å²) in [5, 5.41) is 11.8. The van der Waals surface area contributed by atoms with Crippen molar-refractivity contribution in [2.45, 2.75) is 33.2 Å². The van der Waals surface area contributed by atoms with E-state index in [1.807, 2.05) is 6.92 Å². The van der Waals surface area contributed by atoms with E-state index >= 15 is 0 Å². The molecule has 1 unspecified atom stereocenters. The zero-order valence-electron chi connectivity index (χ0n) is 10.3. The molecule has 0 aliphatic heterocycles. The topological polar surface area (TPSA) is 49.3 Å². The molecule has 0 fully saturated rings. The molecule has 0 aromatic heterocycles. The maximum atomic E-state index is 13.4. The number of hydrogen-bond acceptors (Lipinski definition) is 2. The smallest absolute Gasteiger partial charge is 0.338 e. The summed E-state index contributed by atoms with van der Waals surface area (Å²) in [4.78, 5) is 10.6. The minimum absolute atomic E-state index is 0.227. The largest absolute Gasteiger partial charge is 0.478 e. The van der Waals surface area contributed by atoms with Crippen molar-refractivity contribution < 1.29 is 14.3 Å². The van der Waals surface area contributed by atoms with Crippen LogP contribution in [0.3, 0.4) is 0 Å². The number of carboxylic acid groups (broad SMARTS) is 1. The van der Waals surface area contributed by atoms with Gasteiger partial charge in [-0.1, -0.05) is 13.8 Å². The average Bonchev–Trinajstić information content (AvgIpc) is 2.15. The van der Waals surface area contributed by atoms with Crippen LogP contribution in [0.25, 0.3) is 0 Å². The van der Waals surface area contributed by atoms with E-state index in [1.54, 1.807) is 6.07 Å². The van der Waals surface area contributed by atoms with Gasteiger partial charge < -0.3 is 10.4 Å². The summed E-state index contributed by atoms with van der Waals surface area (Å²) < 4.78 is 13.4. The molecule has 1 atom stereocenters. The van der Waals surface area contributed by atoms with Gasteiger partial charge in [0.25, 0.3) is 0 Å². The van der Waals surface area contributed by atoms with Gasteiger partial charge in [0.15, 0.2) is 0 Å². The highest BCUT2D eigenvalue weighted by atomic mass is 19.1. The Hall–Kier alpha value is -1.58. The monoisotopic (exact) mass is 239 g/mol. The highest BCUT2D eigenvalue weighted by Gasteiger charge is 2.11. The highest BCUT2D eigenvalue weighted by Crippen LogP contribution is 2.17. The van der Waals surface area contributed by atoms with Crippen LogP contribution in [-0.4, -0.2) is 17.1 Å². The second kappa shape index (κ2) is 5.66. The molecule has 17 heavy (non-hydrogen) atoms. The van der Waals surface area contributed by atoms with Gasteiger partial charge in [0.1, 0.15) is 5.82 Å². The summed E-state index contributed by atoms with van der Waals surface area (Å²) >= 11 is 0. The standard InChI is InChI=1S/C13H18FNO2/c1-8(2)6-9(3)15-10-4-5-11(13(16)17)12(14)7-10/h4-5,7-9,15H,6H2,1-3H3,(H,16,17). The lowest BCUT2D eigenvalue weighted by molar-refractivity contribution is 0.0692. The lowest BCUT2D eigenvalue weighted by Crippen LogP contribution is -2.17. The van der Waals surface area contributed by atoms with E-state index in [0.717, 1.165) is 6.42 Å². The number of halogens is 1. The summed E-state index contributed by atoms with van der Waals surface area (Å²) in [7, 11) is 0. The molecule has 1 rings (SSSR count). The first-order chi connectivity index (χ1) is 7.90. The number of aromatic carboxylic acids is 1. The van der Waals surface area contributed by atoms with Crippen molar-refractivity contribution in [3.8, 4) is 0 Å². The molecule has 4 heteroatoms. The van der Waals surface area contributed by atoms with E-state index in [4.69, 9.17) is 5.11 Å². The molecular weight excluding hydrogens is 221 g/mol. The molecule has 3 nitrogen and oxygen atoms in total. The molecule has 1 aromatic rings. The van der Waals surface area contributed by atoms with Gasteiger partial charge in [0.05, 0.1) is 5.56 Å². The van der Waals surface area contributed by atoms with Crippen LogP contribution in [0.2, 0.25) is 0 Å². The van der Waals surface area contributed by atoms with Crippen LogP contribution in [-0.2, 0) is 0 Å². The average molecular weight is 239 g/mol. The van der Waals surface area contributed by atoms with E-state index in [1.165, 1.54) is 12.1 Å². The molecule has 0 saturated carbocycles. The molecule has 0 heterocycles. The first kappa shape index (κ1) is 13.5. The molecule has 0 amide bonds. The van der Waals surface area contributed by atoms with Gasteiger partial charge in [-0.25, -0.2) is 9.18 Å². The van der Waals surface area contributed by atoms with E-state index in [-0.39, 0.29) is 11.6 Å². The SMILES string of the molecule is CC(C)CC(C)Nc1ccc(C(=O)O)c(F)c1. The second-order valence-corrected chi connectivity index (χ2v) is 4.67. The number of carboxylic acids is 1. The number of nitrogens with one attached hydrogen (secondary N) is 1. The molecule has 94 valence electrons. The summed E-state index contributed by atoms with van der Waals surface area (Å²) in [6.07, 6.45) is 0.975. The predicted octanol–water partition coefficient (Wildman–Crippen LogP) is 3.37. The van der Waals surface area contributed by atoms with Gasteiger partial charge in [-0.2, -0.15) is 0 Å². The summed E-state index contributed by atoms with van der Waals surface area (Å²) in [6, 6.07) is 4.32. The van der Waals surface area contributed by atoms with Crippen LogP contribution < -0.4 is 5.32 Å². The van der Waals surface area contributed by atoms with Crippen molar-refractivity contribution in [2.75, 3.05) is 5.32 Å². The van der Waals surface area contributed by atoms with E-state index in [9.17, 15) is 9.18 Å².